The first-order chi connectivity index (χ1) is 11.1. The number of aromatic amines is 1. The Balaban J connectivity index is 2.28. The largest absolute Gasteiger partial charge is 0.435 e. The number of nitrogens with zero attached hydrogens (tertiary/aromatic N) is 3. The van der Waals surface area contributed by atoms with Gasteiger partial charge in [0.1, 0.15) is 5.52 Å². The van der Waals surface area contributed by atoms with Crippen LogP contribution in [0.1, 0.15) is 5.69 Å². The van der Waals surface area contributed by atoms with Crippen molar-refractivity contribution < 1.29 is 21.6 Å². The number of anilines is 1. The third kappa shape index (κ3) is 2.88. The Hall–Kier alpha value is -2.73. The number of fused-ring (bicyclic) bond motifs is 1. The molecule has 0 spiro atoms. The SMILES string of the molecule is Nc1nc2c(C(F)(F)F)nc(-c3cccc(S(N)(=O)=O)c3)nc2[nH]1. The van der Waals surface area contributed by atoms with Gasteiger partial charge in [-0.2, -0.15) is 13.2 Å². The lowest BCUT2D eigenvalue weighted by Crippen LogP contribution is -2.13. The van der Waals surface area contributed by atoms with Crippen molar-refractivity contribution in [1.82, 2.24) is 19.9 Å². The molecule has 0 saturated carbocycles. The first-order valence-corrected chi connectivity index (χ1v) is 7.84. The molecule has 1 aromatic carbocycles. The van der Waals surface area contributed by atoms with Gasteiger partial charge in [0.05, 0.1) is 4.90 Å². The molecule has 2 heterocycles. The molecule has 2 aromatic heterocycles. The predicted octanol–water partition coefficient (Wildman–Crippen LogP) is 1.27. The molecule has 0 aliphatic heterocycles. The van der Waals surface area contributed by atoms with Crippen molar-refractivity contribution in [3.63, 3.8) is 0 Å². The minimum absolute atomic E-state index is 0.0436. The molecule has 0 aliphatic rings. The molecule has 0 unspecified atom stereocenters. The van der Waals surface area contributed by atoms with E-state index >= 15 is 0 Å². The minimum Gasteiger partial charge on any atom is -0.369 e. The van der Waals surface area contributed by atoms with E-state index in [4.69, 9.17) is 10.9 Å². The molecule has 0 bridgehead atoms. The molecule has 126 valence electrons. The van der Waals surface area contributed by atoms with Gasteiger partial charge in [0.15, 0.2) is 23.1 Å². The third-order valence-corrected chi connectivity index (χ3v) is 3.96. The van der Waals surface area contributed by atoms with Crippen LogP contribution in [0.25, 0.3) is 22.6 Å². The van der Waals surface area contributed by atoms with Gasteiger partial charge in [0, 0.05) is 5.56 Å². The summed E-state index contributed by atoms with van der Waals surface area (Å²) in [6.07, 6.45) is -4.80. The Bertz CT molecular complexity index is 1040. The second-order valence-corrected chi connectivity index (χ2v) is 6.35. The summed E-state index contributed by atoms with van der Waals surface area (Å²) in [7, 11) is -4.03. The van der Waals surface area contributed by atoms with Crippen molar-refractivity contribution in [3.8, 4) is 11.4 Å². The van der Waals surface area contributed by atoms with Crippen molar-refractivity contribution in [1.29, 1.82) is 0 Å². The Kier molecular flexibility index (Phi) is 3.46. The zero-order chi connectivity index (χ0) is 17.7. The number of sulfonamides is 1. The number of hydrogen-bond donors (Lipinski definition) is 3. The molecule has 0 amide bonds. The molecule has 0 radical (unpaired) electrons. The van der Waals surface area contributed by atoms with Gasteiger partial charge in [-0.15, -0.1) is 0 Å². The topological polar surface area (TPSA) is 141 Å². The molecule has 0 fully saturated rings. The van der Waals surface area contributed by atoms with E-state index in [1.54, 1.807) is 0 Å². The van der Waals surface area contributed by atoms with Crippen molar-refractivity contribution in [2.24, 2.45) is 5.14 Å². The summed E-state index contributed by atoms with van der Waals surface area (Å²) in [5.74, 6) is -0.593. The summed E-state index contributed by atoms with van der Waals surface area (Å²) in [5.41, 5.74) is 3.40. The highest BCUT2D eigenvalue weighted by Crippen LogP contribution is 2.34. The number of rotatable bonds is 2. The van der Waals surface area contributed by atoms with Gasteiger partial charge in [0.25, 0.3) is 0 Å². The Labute approximate surface area is 132 Å². The number of hydrogen-bond acceptors (Lipinski definition) is 6. The molecular weight excluding hydrogens is 349 g/mol. The van der Waals surface area contributed by atoms with Crippen molar-refractivity contribution in [3.05, 3.63) is 30.0 Å². The maximum atomic E-state index is 13.2. The van der Waals surface area contributed by atoms with E-state index in [-0.39, 0.29) is 27.9 Å². The summed E-state index contributed by atoms with van der Waals surface area (Å²) in [6.45, 7) is 0. The molecule has 0 saturated heterocycles. The molecule has 3 rings (SSSR count). The van der Waals surface area contributed by atoms with E-state index < -0.39 is 27.4 Å². The average Bonchev–Trinajstić information content (AvgIpc) is 2.84. The second-order valence-electron chi connectivity index (χ2n) is 4.79. The Morgan fingerprint density at radius 2 is 1.83 bits per heavy atom. The summed E-state index contributed by atoms with van der Waals surface area (Å²) in [4.78, 5) is 13.0. The molecule has 24 heavy (non-hydrogen) atoms. The molecule has 0 atom stereocenters. The maximum absolute atomic E-state index is 13.2. The number of benzene rings is 1. The quantitative estimate of drug-likeness (QED) is 0.630. The number of halogens is 3. The van der Waals surface area contributed by atoms with Gasteiger partial charge in [-0.05, 0) is 12.1 Å². The summed E-state index contributed by atoms with van der Waals surface area (Å²) in [6, 6.07) is 4.96. The summed E-state index contributed by atoms with van der Waals surface area (Å²) < 4.78 is 62.3. The van der Waals surface area contributed by atoms with Crippen molar-refractivity contribution in [2.75, 3.05) is 5.73 Å². The van der Waals surface area contributed by atoms with Crippen LogP contribution in [0.4, 0.5) is 19.1 Å². The van der Waals surface area contributed by atoms with Gasteiger partial charge in [0.2, 0.25) is 10.0 Å². The lowest BCUT2D eigenvalue weighted by molar-refractivity contribution is -0.139. The molecular formula is C12H9F3N6O2S. The highest BCUT2D eigenvalue weighted by Gasteiger charge is 2.37. The highest BCUT2D eigenvalue weighted by atomic mass is 32.2. The number of imidazole rings is 1. The summed E-state index contributed by atoms with van der Waals surface area (Å²) in [5, 5.41) is 5.02. The summed E-state index contributed by atoms with van der Waals surface area (Å²) >= 11 is 0. The van der Waals surface area contributed by atoms with Gasteiger partial charge in [-0.3, -0.25) is 0 Å². The number of H-pyrrole nitrogens is 1. The van der Waals surface area contributed by atoms with E-state index in [1.165, 1.54) is 18.2 Å². The number of nitrogens with two attached hydrogens (primary N) is 2. The normalized spacial score (nSPS) is 12.7. The Morgan fingerprint density at radius 1 is 1.12 bits per heavy atom. The highest BCUT2D eigenvalue weighted by molar-refractivity contribution is 7.89. The average molecular weight is 358 g/mol. The van der Waals surface area contributed by atoms with Crippen LogP contribution in [-0.2, 0) is 16.2 Å². The molecule has 3 aromatic rings. The second kappa shape index (κ2) is 5.14. The number of nitrogen functional groups attached to an aromatic ring is 1. The lowest BCUT2D eigenvalue weighted by atomic mass is 10.2. The first kappa shape index (κ1) is 16.1. The number of nitrogens with one attached hydrogen (secondary N) is 1. The predicted molar refractivity (Wildman–Crippen MR) is 77.9 cm³/mol. The number of primary sulfonamides is 1. The van der Waals surface area contributed by atoms with Gasteiger partial charge >= 0.3 is 6.18 Å². The van der Waals surface area contributed by atoms with Crippen LogP contribution in [0.5, 0.6) is 0 Å². The zero-order valence-electron chi connectivity index (χ0n) is 11.7. The van der Waals surface area contributed by atoms with Gasteiger partial charge in [-0.1, -0.05) is 12.1 Å². The van der Waals surface area contributed by atoms with Crippen LogP contribution >= 0.6 is 0 Å². The van der Waals surface area contributed by atoms with Gasteiger partial charge in [-0.25, -0.2) is 28.5 Å². The van der Waals surface area contributed by atoms with Gasteiger partial charge < -0.3 is 10.7 Å². The lowest BCUT2D eigenvalue weighted by Gasteiger charge is -2.09. The van der Waals surface area contributed by atoms with Crippen LogP contribution in [0, 0.1) is 0 Å². The van der Waals surface area contributed by atoms with E-state index in [9.17, 15) is 21.6 Å². The van der Waals surface area contributed by atoms with Crippen LogP contribution in [0.2, 0.25) is 0 Å². The molecule has 12 heteroatoms. The van der Waals surface area contributed by atoms with E-state index in [2.05, 4.69) is 19.9 Å². The standard InChI is InChI=1S/C12H9F3N6O2S/c13-12(14,15)8-7-10(21-11(16)18-7)20-9(19-8)5-2-1-3-6(4-5)24(17,22)23/h1-4H,(H2,17,22,23)(H3,16,18,19,20,21). The van der Waals surface area contributed by atoms with Crippen LogP contribution in [-0.4, -0.2) is 28.4 Å². The monoisotopic (exact) mass is 358 g/mol. The van der Waals surface area contributed by atoms with E-state index in [0.717, 1.165) is 6.07 Å². The van der Waals surface area contributed by atoms with Crippen LogP contribution in [0.15, 0.2) is 29.2 Å². The smallest absolute Gasteiger partial charge is 0.369 e. The fraction of sp³-hybridized carbons (Fsp3) is 0.0833. The first-order valence-electron chi connectivity index (χ1n) is 6.29. The molecule has 0 aliphatic carbocycles. The van der Waals surface area contributed by atoms with E-state index in [0.29, 0.717) is 0 Å². The third-order valence-electron chi connectivity index (χ3n) is 3.05. The maximum Gasteiger partial charge on any atom is 0.435 e. The minimum atomic E-state index is -4.80. The number of aromatic nitrogens is 4. The van der Waals surface area contributed by atoms with Crippen LogP contribution in [0.3, 0.4) is 0 Å². The number of alkyl halides is 3. The molecule has 5 N–H and O–H groups in total. The fourth-order valence-electron chi connectivity index (χ4n) is 2.06. The van der Waals surface area contributed by atoms with E-state index in [1.807, 2.05) is 0 Å². The van der Waals surface area contributed by atoms with Crippen LogP contribution < -0.4 is 10.9 Å². The zero-order valence-corrected chi connectivity index (χ0v) is 12.5. The van der Waals surface area contributed by atoms with Crippen molar-refractivity contribution in [2.45, 2.75) is 11.1 Å². The van der Waals surface area contributed by atoms with Crippen molar-refractivity contribution >= 4 is 27.1 Å². The Morgan fingerprint density at radius 3 is 2.46 bits per heavy atom. The fourth-order valence-corrected chi connectivity index (χ4v) is 2.62. The molecule has 8 nitrogen and oxygen atoms in total.